The van der Waals surface area contributed by atoms with Gasteiger partial charge >= 0.3 is 0 Å². The second kappa shape index (κ2) is 8.96. The Morgan fingerprint density at radius 1 is 1.09 bits per heavy atom. The van der Waals surface area contributed by atoms with E-state index >= 15 is 0 Å². The molecule has 3 aromatic rings. The Morgan fingerprint density at radius 3 is 2.64 bits per heavy atom. The molecule has 0 radical (unpaired) electrons. The van der Waals surface area contributed by atoms with Crippen molar-refractivity contribution in [1.29, 1.82) is 0 Å². The van der Waals surface area contributed by atoms with Crippen molar-refractivity contribution >= 4 is 15.9 Å². The first kappa shape index (κ1) is 22.2. The largest absolute Gasteiger partial charge is 0.493 e. The monoisotopic (exact) mass is 515 g/mol. The number of hydrogen-bond donors (Lipinski definition) is 1. The third-order valence-electron chi connectivity index (χ3n) is 6.45. The quantitative estimate of drug-likeness (QED) is 0.535. The number of aromatic nitrogens is 2. The summed E-state index contributed by atoms with van der Waals surface area (Å²) in [5.74, 6) is 3.04. The molecule has 9 heteroatoms. The molecule has 33 heavy (non-hydrogen) atoms. The van der Waals surface area contributed by atoms with Crippen LogP contribution in [0.5, 0.6) is 17.2 Å². The summed E-state index contributed by atoms with van der Waals surface area (Å²) in [6.45, 7) is 2.22. The molecule has 1 N–H and O–H groups in total. The van der Waals surface area contributed by atoms with Crippen LogP contribution in [0.15, 0.2) is 45.3 Å². The van der Waals surface area contributed by atoms with E-state index < -0.39 is 6.10 Å². The maximum Gasteiger partial charge on any atom is 0.247 e. The highest BCUT2D eigenvalue weighted by Gasteiger charge is 2.43. The van der Waals surface area contributed by atoms with Crippen molar-refractivity contribution in [3.63, 3.8) is 0 Å². The molecule has 0 amide bonds. The van der Waals surface area contributed by atoms with Crippen molar-refractivity contribution in [2.45, 2.75) is 37.5 Å². The summed E-state index contributed by atoms with van der Waals surface area (Å²) in [4.78, 5) is 2.28. The Kier molecular flexibility index (Phi) is 6.03. The molecule has 174 valence electrons. The summed E-state index contributed by atoms with van der Waals surface area (Å²) in [5, 5.41) is 19.1. The summed E-state index contributed by atoms with van der Waals surface area (Å²) >= 11 is 3.50. The first-order valence-electron chi connectivity index (χ1n) is 10.9. The molecule has 0 saturated carbocycles. The van der Waals surface area contributed by atoms with Crippen LogP contribution in [0.3, 0.4) is 0 Å². The molecule has 3 heterocycles. The summed E-state index contributed by atoms with van der Waals surface area (Å²) in [5.41, 5.74) is 1.29. The second-order valence-electron chi connectivity index (χ2n) is 8.53. The average Bonchev–Trinajstić information content (AvgIpc) is 3.28. The normalized spacial score (nSPS) is 19.7. The lowest BCUT2D eigenvalue weighted by atomic mass is 9.81. The van der Waals surface area contributed by atoms with Gasteiger partial charge in [0.25, 0.3) is 0 Å². The van der Waals surface area contributed by atoms with Crippen molar-refractivity contribution in [3.8, 4) is 28.7 Å². The van der Waals surface area contributed by atoms with Crippen LogP contribution in [0.1, 0.15) is 36.8 Å². The molecular formula is C24H26BrN3O5. The van der Waals surface area contributed by atoms with Gasteiger partial charge in [0.05, 0.1) is 26.9 Å². The van der Waals surface area contributed by atoms with Crippen LogP contribution < -0.4 is 14.2 Å². The number of hydrogen-bond acceptors (Lipinski definition) is 8. The Morgan fingerprint density at radius 2 is 1.88 bits per heavy atom. The highest BCUT2D eigenvalue weighted by Crippen LogP contribution is 2.45. The van der Waals surface area contributed by atoms with Gasteiger partial charge in [-0.2, -0.15) is 0 Å². The Bertz CT molecular complexity index is 1140. The van der Waals surface area contributed by atoms with Gasteiger partial charge < -0.3 is 23.7 Å². The van der Waals surface area contributed by atoms with Crippen molar-refractivity contribution in [2.75, 3.05) is 27.3 Å². The van der Waals surface area contributed by atoms with E-state index in [2.05, 4.69) is 31.0 Å². The minimum atomic E-state index is -0.506. The average molecular weight is 516 g/mol. The predicted octanol–water partition coefficient (Wildman–Crippen LogP) is 4.37. The molecule has 5 rings (SSSR count). The van der Waals surface area contributed by atoms with E-state index in [1.807, 2.05) is 36.4 Å². The zero-order valence-electron chi connectivity index (χ0n) is 18.6. The van der Waals surface area contributed by atoms with Crippen molar-refractivity contribution in [2.24, 2.45) is 0 Å². The Labute approximate surface area is 200 Å². The minimum absolute atomic E-state index is 0.344. The molecule has 2 aliphatic heterocycles. The van der Waals surface area contributed by atoms with Gasteiger partial charge in [0, 0.05) is 35.1 Å². The number of nitrogens with zero attached hydrogens (tertiary/aromatic N) is 3. The van der Waals surface area contributed by atoms with Gasteiger partial charge in [0.15, 0.2) is 11.5 Å². The van der Waals surface area contributed by atoms with E-state index in [-0.39, 0.29) is 5.60 Å². The molecule has 1 aromatic heterocycles. The van der Waals surface area contributed by atoms with Gasteiger partial charge in [0.2, 0.25) is 11.8 Å². The van der Waals surface area contributed by atoms with Gasteiger partial charge in [-0.1, -0.05) is 22.0 Å². The predicted molar refractivity (Wildman–Crippen MR) is 124 cm³/mol. The van der Waals surface area contributed by atoms with E-state index in [0.717, 1.165) is 47.3 Å². The summed E-state index contributed by atoms with van der Waals surface area (Å²) in [6, 6.07) is 11.3. The lowest BCUT2D eigenvalue weighted by Crippen LogP contribution is -2.50. The van der Waals surface area contributed by atoms with Crippen LogP contribution >= 0.6 is 15.9 Å². The maximum atomic E-state index is 10.7. The Balaban J connectivity index is 1.23. The third kappa shape index (κ3) is 4.45. The number of methoxy groups -OCH3 is 2. The molecule has 1 fully saturated rings. The smallest absolute Gasteiger partial charge is 0.247 e. The SMILES string of the molecule is COc1ccc(-c2nnc(CN3CCC4(CC3)CC(O)c3ccc(Br)cc3O4)o2)cc1OC. The Hall–Kier alpha value is -2.62. The first-order chi connectivity index (χ1) is 16.0. The second-order valence-corrected chi connectivity index (χ2v) is 9.45. The lowest BCUT2D eigenvalue weighted by molar-refractivity contribution is -0.0560. The van der Waals surface area contributed by atoms with Crippen molar-refractivity contribution in [1.82, 2.24) is 15.1 Å². The highest BCUT2D eigenvalue weighted by molar-refractivity contribution is 9.10. The molecule has 1 saturated heterocycles. The third-order valence-corrected chi connectivity index (χ3v) is 6.94. The van der Waals surface area contributed by atoms with E-state index in [0.29, 0.717) is 36.2 Å². The molecule has 0 aliphatic carbocycles. The molecule has 2 aliphatic rings. The molecule has 1 spiro atoms. The number of halogens is 1. The number of fused-ring (bicyclic) bond motifs is 1. The first-order valence-corrected chi connectivity index (χ1v) is 11.7. The van der Waals surface area contributed by atoms with Crippen molar-refractivity contribution in [3.05, 3.63) is 52.3 Å². The summed E-state index contributed by atoms with van der Waals surface area (Å²) in [6.07, 6.45) is 1.76. The van der Waals surface area contributed by atoms with Crippen LogP contribution in [-0.4, -0.2) is 53.1 Å². The van der Waals surface area contributed by atoms with E-state index in [1.165, 1.54) is 0 Å². The minimum Gasteiger partial charge on any atom is -0.493 e. The van der Waals surface area contributed by atoms with Crippen LogP contribution in [0.25, 0.3) is 11.5 Å². The van der Waals surface area contributed by atoms with E-state index in [1.54, 1.807) is 14.2 Å². The summed E-state index contributed by atoms with van der Waals surface area (Å²) < 4.78 is 23.9. The van der Waals surface area contributed by atoms with Crippen molar-refractivity contribution < 1.29 is 23.7 Å². The standard InChI is InChI=1S/C24H26BrN3O5/c1-30-19-6-3-15(11-21(19)31-2)23-27-26-22(32-23)14-28-9-7-24(8-10-28)13-18(29)17-5-4-16(25)12-20(17)33-24/h3-6,11-12,18,29H,7-10,13-14H2,1-2H3. The van der Waals surface area contributed by atoms with Gasteiger partial charge in [0.1, 0.15) is 11.4 Å². The van der Waals surface area contributed by atoms with E-state index in [4.69, 9.17) is 18.6 Å². The van der Waals surface area contributed by atoms with Gasteiger partial charge in [-0.3, -0.25) is 4.90 Å². The van der Waals surface area contributed by atoms with Gasteiger partial charge in [-0.05, 0) is 43.2 Å². The van der Waals surface area contributed by atoms with Gasteiger partial charge in [-0.25, -0.2) is 0 Å². The number of benzene rings is 2. The molecular weight excluding hydrogens is 490 g/mol. The maximum absolute atomic E-state index is 10.7. The van der Waals surface area contributed by atoms with Crippen LogP contribution in [-0.2, 0) is 6.54 Å². The summed E-state index contributed by atoms with van der Waals surface area (Å²) in [7, 11) is 3.19. The fourth-order valence-electron chi connectivity index (χ4n) is 4.63. The number of rotatable bonds is 5. The van der Waals surface area contributed by atoms with Crippen LogP contribution in [0, 0.1) is 0 Å². The fourth-order valence-corrected chi connectivity index (χ4v) is 4.97. The van der Waals surface area contributed by atoms with E-state index in [9.17, 15) is 5.11 Å². The lowest BCUT2D eigenvalue weighted by Gasteiger charge is -2.45. The molecule has 2 aromatic carbocycles. The zero-order chi connectivity index (χ0) is 23.0. The molecule has 1 unspecified atom stereocenters. The topological polar surface area (TPSA) is 90.1 Å². The van der Waals surface area contributed by atoms with Crippen LogP contribution in [0.2, 0.25) is 0 Å². The number of aliphatic hydroxyl groups is 1. The highest BCUT2D eigenvalue weighted by atomic mass is 79.9. The number of ether oxygens (including phenoxy) is 3. The van der Waals surface area contributed by atoms with Gasteiger partial charge in [-0.15, -0.1) is 10.2 Å². The van der Waals surface area contributed by atoms with Crippen LogP contribution in [0.4, 0.5) is 0 Å². The molecule has 0 bridgehead atoms. The molecule has 8 nitrogen and oxygen atoms in total. The molecule has 1 atom stereocenters. The number of likely N-dealkylation sites (tertiary alicyclic amines) is 1. The number of piperidine rings is 1. The zero-order valence-corrected chi connectivity index (χ0v) is 20.2. The number of aliphatic hydroxyl groups excluding tert-OH is 1. The fraction of sp³-hybridized carbons (Fsp3) is 0.417.